The van der Waals surface area contributed by atoms with Gasteiger partial charge in [0.2, 0.25) is 0 Å². The van der Waals surface area contributed by atoms with Gasteiger partial charge in [0, 0.05) is 5.56 Å². The van der Waals surface area contributed by atoms with Crippen LogP contribution in [0.3, 0.4) is 0 Å². The van der Waals surface area contributed by atoms with Crippen molar-refractivity contribution in [2.75, 3.05) is 5.32 Å². The number of benzene rings is 1. The Morgan fingerprint density at radius 1 is 1.33 bits per heavy atom. The number of hydrogen-bond acceptors (Lipinski definition) is 5. The number of nitrogens with zero attached hydrogens (tertiary/aromatic N) is 1. The highest BCUT2D eigenvalue weighted by molar-refractivity contribution is 7.22. The molecule has 0 aliphatic heterocycles. The predicted molar refractivity (Wildman–Crippen MR) is 78.0 cm³/mol. The van der Waals surface area contributed by atoms with Crippen LogP contribution in [0.4, 0.5) is 5.13 Å². The molecular formula is C14H10N2O4S. The molecule has 0 atom stereocenters. The Hall–Kier alpha value is -2.67. The van der Waals surface area contributed by atoms with Crippen LogP contribution in [-0.2, 0) is 0 Å². The van der Waals surface area contributed by atoms with Crippen LogP contribution in [0.2, 0.25) is 0 Å². The summed E-state index contributed by atoms with van der Waals surface area (Å²) in [7, 11) is 0. The van der Waals surface area contributed by atoms with Crippen LogP contribution in [0.25, 0.3) is 10.2 Å². The van der Waals surface area contributed by atoms with Gasteiger partial charge in [-0.25, -0.2) is 9.78 Å². The number of carboxylic acids is 1. The van der Waals surface area contributed by atoms with Crippen molar-refractivity contribution in [1.82, 2.24) is 4.98 Å². The Bertz CT molecular complexity index is 850. The lowest BCUT2D eigenvalue weighted by atomic mass is 10.2. The molecule has 21 heavy (non-hydrogen) atoms. The van der Waals surface area contributed by atoms with Gasteiger partial charge in [-0.05, 0) is 31.2 Å². The molecule has 0 fully saturated rings. The minimum atomic E-state index is -0.998. The highest BCUT2D eigenvalue weighted by Gasteiger charge is 2.15. The van der Waals surface area contributed by atoms with Crippen molar-refractivity contribution in [2.24, 2.45) is 0 Å². The quantitative estimate of drug-likeness (QED) is 0.775. The Balaban J connectivity index is 1.89. The van der Waals surface area contributed by atoms with Crippen LogP contribution in [0, 0.1) is 6.92 Å². The molecule has 2 N–H and O–H groups in total. The number of carboxylic acid groups (broad SMARTS) is 1. The minimum absolute atomic E-state index is 0.186. The molecule has 0 unspecified atom stereocenters. The molecule has 106 valence electrons. The maximum atomic E-state index is 12.0. The van der Waals surface area contributed by atoms with Gasteiger partial charge in [-0.3, -0.25) is 10.1 Å². The lowest BCUT2D eigenvalue weighted by Gasteiger charge is -1.98. The van der Waals surface area contributed by atoms with Crippen molar-refractivity contribution in [3.63, 3.8) is 0 Å². The second-order valence-corrected chi connectivity index (χ2v) is 5.42. The molecule has 0 radical (unpaired) electrons. The maximum absolute atomic E-state index is 12.0. The van der Waals surface area contributed by atoms with E-state index >= 15 is 0 Å². The van der Waals surface area contributed by atoms with E-state index in [0.717, 1.165) is 5.56 Å². The molecule has 6 nitrogen and oxygen atoms in total. The number of aromatic nitrogens is 1. The summed E-state index contributed by atoms with van der Waals surface area (Å²) >= 11 is 1.21. The first-order chi connectivity index (χ1) is 10.0. The van der Waals surface area contributed by atoms with Crippen molar-refractivity contribution >= 4 is 38.6 Å². The summed E-state index contributed by atoms with van der Waals surface area (Å²) in [4.78, 5) is 27.2. The smallest absolute Gasteiger partial charge is 0.335 e. The third-order valence-corrected chi connectivity index (χ3v) is 3.86. The third-order valence-electron chi connectivity index (χ3n) is 2.92. The summed E-state index contributed by atoms with van der Waals surface area (Å²) in [5.74, 6) is -1.14. The second-order valence-electron chi connectivity index (χ2n) is 4.39. The third kappa shape index (κ3) is 2.50. The largest absolute Gasteiger partial charge is 0.478 e. The van der Waals surface area contributed by atoms with E-state index in [9.17, 15) is 9.59 Å². The first-order valence-electron chi connectivity index (χ1n) is 6.04. The first-order valence-corrected chi connectivity index (χ1v) is 6.85. The fourth-order valence-corrected chi connectivity index (χ4v) is 2.77. The van der Waals surface area contributed by atoms with Crippen molar-refractivity contribution in [2.45, 2.75) is 6.92 Å². The van der Waals surface area contributed by atoms with E-state index < -0.39 is 5.97 Å². The van der Waals surface area contributed by atoms with Gasteiger partial charge in [0.1, 0.15) is 0 Å². The lowest BCUT2D eigenvalue weighted by Crippen LogP contribution is -2.11. The summed E-state index contributed by atoms with van der Waals surface area (Å²) < 4.78 is 5.81. The number of amides is 1. The zero-order chi connectivity index (χ0) is 15.0. The number of thiazole rings is 1. The first kappa shape index (κ1) is 13.3. The van der Waals surface area contributed by atoms with Gasteiger partial charge >= 0.3 is 5.97 Å². The second kappa shape index (κ2) is 5.02. The van der Waals surface area contributed by atoms with E-state index in [1.54, 1.807) is 19.1 Å². The van der Waals surface area contributed by atoms with Gasteiger partial charge in [-0.1, -0.05) is 11.3 Å². The fraction of sp³-hybridized carbons (Fsp3) is 0.0714. The van der Waals surface area contributed by atoms with Crippen molar-refractivity contribution in [1.29, 1.82) is 0 Å². The molecule has 0 saturated heterocycles. The molecular weight excluding hydrogens is 292 g/mol. The zero-order valence-electron chi connectivity index (χ0n) is 10.9. The number of carbonyl (C=O) groups excluding carboxylic acids is 1. The topological polar surface area (TPSA) is 92.4 Å². The van der Waals surface area contributed by atoms with E-state index in [1.807, 2.05) is 0 Å². The summed E-state index contributed by atoms with van der Waals surface area (Å²) in [5.41, 5.74) is 1.56. The minimum Gasteiger partial charge on any atom is -0.478 e. The summed E-state index contributed by atoms with van der Waals surface area (Å²) in [5, 5.41) is 12.0. The van der Waals surface area contributed by atoms with Crippen LogP contribution in [-0.4, -0.2) is 22.0 Å². The molecule has 0 aliphatic rings. The molecule has 0 saturated carbocycles. The number of rotatable bonds is 3. The van der Waals surface area contributed by atoms with Gasteiger partial charge in [0.25, 0.3) is 5.91 Å². The van der Waals surface area contributed by atoms with E-state index in [0.29, 0.717) is 15.3 Å². The van der Waals surface area contributed by atoms with Gasteiger partial charge in [0.15, 0.2) is 10.9 Å². The van der Waals surface area contributed by atoms with Crippen LogP contribution in [0.5, 0.6) is 0 Å². The van der Waals surface area contributed by atoms with Crippen LogP contribution in [0.1, 0.15) is 26.5 Å². The molecule has 1 aromatic carbocycles. The summed E-state index contributed by atoms with van der Waals surface area (Å²) in [6.45, 7) is 1.77. The Morgan fingerprint density at radius 2 is 2.14 bits per heavy atom. The van der Waals surface area contributed by atoms with E-state index in [1.165, 1.54) is 29.7 Å². The van der Waals surface area contributed by atoms with E-state index in [2.05, 4.69) is 10.3 Å². The average molecular weight is 302 g/mol. The monoisotopic (exact) mass is 302 g/mol. The highest BCUT2D eigenvalue weighted by Crippen LogP contribution is 2.27. The zero-order valence-corrected chi connectivity index (χ0v) is 11.7. The summed E-state index contributed by atoms with van der Waals surface area (Å²) in [6, 6.07) is 6.32. The number of anilines is 1. The van der Waals surface area contributed by atoms with Crippen LogP contribution >= 0.6 is 11.3 Å². The fourth-order valence-electron chi connectivity index (χ4n) is 1.87. The van der Waals surface area contributed by atoms with E-state index in [4.69, 9.17) is 9.52 Å². The molecule has 0 bridgehead atoms. The number of furan rings is 1. The van der Waals surface area contributed by atoms with E-state index in [-0.39, 0.29) is 17.2 Å². The van der Waals surface area contributed by atoms with Crippen molar-refractivity contribution in [3.05, 3.63) is 47.4 Å². The Kier molecular flexibility index (Phi) is 3.19. The van der Waals surface area contributed by atoms with Crippen molar-refractivity contribution < 1.29 is 19.1 Å². The molecule has 7 heteroatoms. The van der Waals surface area contributed by atoms with Gasteiger partial charge in [-0.15, -0.1) is 0 Å². The molecule has 0 spiro atoms. The number of carbonyl (C=O) groups is 2. The molecule has 3 rings (SSSR count). The molecule has 0 aliphatic carbocycles. The van der Waals surface area contributed by atoms with Crippen LogP contribution < -0.4 is 5.32 Å². The van der Waals surface area contributed by atoms with Crippen LogP contribution in [0.15, 0.2) is 34.9 Å². The molecule has 1 amide bonds. The lowest BCUT2D eigenvalue weighted by molar-refractivity contribution is 0.0697. The Labute approximate surface area is 123 Å². The average Bonchev–Trinajstić information content (AvgIpc) is 3.02. The standard InChI is InChI=1S/C14H10N2O4S/c1-7-4-5-20-11(7)12(17)16-14-15-9-3-2-8(13(18)19)6-10(9)21-14/h2-6H,1H3,(H,18,19)(H,15,16,17). The number of aryl methyl sites for hydroxylation is 1. The van der Waals surface area contributed by atoms with Gasteiger partial charge in [0.05, 0.1) is 22.0 Å². The number of nitrogens with one attached hydrogen (secondary N) is 1. The maximum Gasteiger partial charge on any atom is 0.335 e. The molecule has 3 aromatic rings. The molecule has 2 heterocycles. The summed E-state index contributed by atoms with van der Waals surface area (Å²) in [6.07, 6.45) is 1.45. The van der Waals surface area contributed by atoms with Gasteiger partial charge < -0.3 is 9.52 Å². The Morgan fingerprint density at radius 3 is 2.81 bits per heavy atom. The normalized spacial score (nSPS) is 10.7. The number of hydrogen-bond donors (Lipinski definition) is 2. The number of fused-ring (bicyclic) bond motifs is 1. The number of aromatic carboxylic acids is 1. The van der Waals surface area contributed by atoms with Gasteiger partial charge in [-0.2, -0.15) is 0 Å². The molecule has 2 aromatic heterocycles. The SMILES string of the molecule is Cc1ccoc1C(=O)Nc1nc2ccc(C(=O)O)cc2s1. The van der Waals surface area contributed by atoms with Crippen molar-refractivity contribution in [3.8, 4) is 0 Å². The highest BCUT2D eigenvalue weighted by atomic mass is 32.1. The predicted octanol–water partition coefficient (Wildman–Crippen LogP) is 3.15.